The first-order chi connectivity index (χ1) is 9.84. The smallest absolute Gasteiger partial charge is 0.281 e. The summed E-state index contributed by atoms with van der Waals surface area (Å²) in [6, 6.07) is 5.03. The Kier molecular flexibility index (Phi) is 2.84. The number of hydrogen-bond donors (Lipinski definition) is 2. The van der Waals surface area contributed by atoms with Crippen molar-refractivity contribution >= 4 is 17.6 Å². The van der Waals surface area contributed by atoms with E-state index in [0.717, 1.165) is 10.5 Å². The lowest BCUT2D eigenvalue weighted by molar-refractivity contribution is -0.163. The summed E-state index contributed by atoms with van der Waals surface area (Å²) in [4.78, 5) is 36.4. The van der Waals surface area contributed by atoms with Crippen LogP contribution in [0.3, 0.4) is 0 Å². The molecule has 2 amide bonds. The van der Waals surface area contributed by atoms with Gasteiger partial charge in [-0.1, -0.05) is 12.1 Å². The fourth-order valence-corrected chi connectivity index (χ4v) is 2.72. The number of halogens is 1. The van der Waals surface area contributed by atoms with Crippen molar-refractivity contribution in [2.75, 3.05) is 0 Å². The number of carbonyl (C=O) groups excluding carboxylic acids is 3. The zero-order chi connectivity index (χ0) is 15.4. The number of alkyl halides is 1. The lowest BCUT2D eigenvalue weighted by Gasteiger charge is -2.36. The molecule has 2 unspecified atom stereocenters. The summed E-state index contributed by atoms with van der Waals surface area (Å²) >= 11 is 0. The Morgan fingerprint density at radius 1 is 1.38 bits per heavy atom. The summed E-state index contributed by atoms with van der Waals surface area (Å²) in [6.45, 7) is 1.71. The number of fused-ring (bicyclic) bond motifs is 1. The van der Waals surface area contributed by atoms with Crippen LogP contribution in [0.1, 0.15) is 27.9 Å². The molecule has 110 valence electrons. The molecule has 1 saturated heterocycles. The number of nitrogens with zero attached hydrogens (tertiary/aromatic N) is 1. The van der Waals surface area contributed by atoms with E-state index in [4.69, 9.17) is 0 Å². The average Bonchev–Trinajstić information content (AvgIpc) is 2.77. The number of hydrogen-bond acceptors (Lipinski definition) is 4. The van der Waals surface area contributed by atoms with Crippen LogP contribution in [0.5, 0.6) is 0 Å². The molecule has 0 aromatic heterocycles. The highest BCUT2D eigenvalue weighted by atomic mass is 19.1. The quantitative estimate of drug-likeness (QED) is 0.715. The van der Waals surface area contributed by atoms with Crippen molar-refractivity contribution in [3.8, 4) is 0 Å². The summed E-state index contributed by atoms with van der Waals surface area (Å²) in [5.41, 5.74) is 1.79. The molecule has 1 fully saturated rings. The highest BCUT2D eigenvalue weighted by Gasteiger charge is 2.55. The van der Waals surface area contributed by atoms with Crippen molar-refractivity contribution in [3.63, 3.8) is 0 Å². The van der Waals surface area contributed by atoms with Gasteiger partial charge in [0.05, 0.1) is 13.0 Å². The summed E-state index contributed by atoms with van der Waals surface area (Å²) in [5.74, 6) is -5.43. The Labute approximate surface area is 119 Å². The summed E-state index contributed by atoms with van der Waals surface area (Å²) in [5, 5.41) is 11.1. The maximum Gasteiger partial charge on any atom is 0.281 e. The minimum absolute atomic E-state index is 0.0753. The van der Waals surface area contributed by atoms with Gasteiger partial charge in [0.1, 0.15) is 0 Å². The minimum Gasteiger partial charge on any atom is -0.367 e. The van der Waals surface area contributed by atoms with E-state index in [0.29, 0.717) is 11.1 Å². The van der Waals surface area contributed by atoms with Crippen LogP contribution in [-0.4, -0.2) is 39.6 Å². The van der Waals surface area contributed by atoms with E-state index in [1.54, 1.807) is 25.1 Å². The number of carbonyl (C=O) groups is 3. The molecule has 2 atom stereocenters. The molecule has 1 aromatic carbocycles. The lowest BCUT2D eigenvalue weighted by atomic mass is 10.00. The van der Waals surface area contributed by atoms with Gasteiger partial charge in [0, 0.05) is 5.56 Å². The fraction of sp³-hybridized carbons (Fsp3) is 0.357. The first-order valence-electron chi connectivity index (χ1n) is 6.46. The van der Waals surface area contributed by atoms with Gasteiger partial charge in [0.15, 0.2) is 12.0 Å². The number of Topliss-reactive ketones (excluding diaryl/α,β-unsaturated/α-hetero) is 1. The maximum absolute atomic E-state index is 15.0. The molecular weight excluding hydrogens is 279 g/mol. The van der Waals surface area contributed by atoms with Crippen molar-refractivity contribution in [1.82, 2.24) is 10.2 Å². The van der Waals surface area contributed by atoms with Gasteiger partial charge in [-0.05, 0) is 24.1 Å². The third kappa shape index (κ3) is 1.84. The van der Waals surface area contributed by atoms with Gasteiger partial charge in [-0.2, -0.15) is 0 Å². The zero-order valence-electron chi connectivity index (χ0n) is 11.2. The van der Waals surface area contributed by atoms with E-state index < -0.39 is 36.0 Å². The highest BCUT2D eigenvalue weighted by Crippen LogP contribution is 2.35. The Hall–Kier alpha value is -2.28. The molecule has 21 heavy (non-hydrogen) atoms. The Morgan fingerprint density at radius 2 is 2.10 bits per heavy atom. The first-order valence-corrected chi connectivity index (χ1v) is 6.46. The van der Waals surface area contributed by atoms with Crippen molar-refractivity contribution in [3.05, 3.63) is 34.9 Å². The van der Waals surface area contributed by atoms with Crippen LogP contribution in [0, 0.1) is 6.92 Å². The van der Waals surface area contributed by atoms with Gasteiger partial charge < -0.3 is 10.4 Å². The lowest BCUT2D eigenvalue weighted by Crippen LogP contribution is -2.64. The Balaban J connectivity index is 1.99. The van der Waals surface area contributed by atoms with Crippen LogP contribution in [0.4, 0.5) is 4.39 Å². The molecule has 0 radical (unpaired) electrons. The molecule has 1 aromatic rings. The molecule has 0 saturated carbocycles. The molecule has 6 nitrogen and oxygen atoms in total. The third-order valence-electron chi connectivity index (χ3n) is 3.96. The fourth-order valence-electron chi connectivity index (χ4n) is 2.72. The monoisotopic (exact) mass is 292 g/mol. The number of nitrogens with one attached hydrogen (secondary N) is 1. The second-order valence-corrected chi connectivity index (χ2v) is 5.27. The standard InChI is InChI=1S/C14H13FN2O4/c1-7-3-2-4-8-9(7)6-17(12(8)20)14(15)5-10(18)11(19)16-13(14)21/h2-4,11,19H,5-6H2,1H3,(H,16,21). The third-order valence-corrected chi connectivity index (χ3v) is 3.96. The van der Waals surface area contributed by atoms with E-state index in [9.17, 15) is 19.5 Å². The van der Waals surface area contributed by atoms with E-state index in [1.807, 2.05) is 5.32 Å². The second kappa shape index (κ2) is 4.36. The SMILES string of the molecule is Cc1cccc2c1CN(C1(F)CC(=O)C(O)NC1=O)C2=O. The summed E-state index contributed by atoms with van der Waals surface area (Å²) < 4.78 is 15.0. The van der Waals surface area contributed by atoms with Crippen molar-refractivity contribution in [1.29, 1.82) is 0 Å². The topological polar surface area (TPSA) is 86.7 Å². The van der Waals surface area contributed by atoms with Gasteiger partial charge in [-0.15, -0.1) is 0 Å². The molecule has 0 spiro atoms. The molecule has 2 aliphatic heterocycles. The Bertz CT molecular complexity index is 675. The van der Waals surface area contributed by atoms with Crippen molar-refractivity contribution in [2.45, 2.75) is 31.9 Å². The maximum atomic E-state index is 15.0. The van der Waals surface area contributed by atoms with Gasteiger partial charge in [-0.3, -0.25) is 19.3 Å². The molecule has 7 heteroatoms. The van der Waals surface area contributed by atoms with Gasteiger partial charge in [0.25, 0.3) is 17.6 Å². The number of benzene rings is 1. The van der Waals surface area contributed by atoms with Crippen LogP contribution in [0.15, 0.2) is 18.2 Å². The van der Waals surface area contributed by atoms with Crippen LogP contribution < -0.4 is 5.32 Å². The number of ketones is 1. The normalized spacial score (nSPS) is 28.6. The van der Waals surface area contributed by atoms with Crippen LogP contribution >= 0.6 is 0 Å². The van der Waals surface area contributed by atoms with Gasteiger partial charge in [-0.25, -0.2) is 4.39 Å². The van der Waals surface area contributed by atoms with E-state index in [-0.39, 0.29) is 6.54 Å². The number of aliphatic hydroxyl groups is 1. The number of piperidine rings is 1. The van der Waals surface area contributed by atoms with E-state index in [2.05, 4.69) is 0 Å². The highest BCUT2D eigenvalue weighted by molar-refractivity contribution is 6.06. The summed E-state index contributed by atoms with van der Waals surface area (Å²) in [7, 11) is 0. The summed E-state index contributed by atoms with van der Waals surface area (Å²) in [6.07, 6.45) is -2.57. The molecular formula is C14H13FN2O4. The van der Waals surface area contributed by atoms with E-state index in [1.165, 1.54) is 0 Å². The van der Waals surface area contributed by atoms with Gasteiger partial charge >= 0.3 is 0 Å². The predicted molar refractivity (Wildman–Crippen MR) is 68.7 cm³/mol. The van der Waals surface area contributed by atoms with Crippen molar-refractivity contribution < 1.29 is 23.9 Å². The Morgan fingerprint density at radius 3 is 2.76 bits per heavy atom. The number of aryl methyl sites for hydroxylation is 1. The molecule has 2 heterocycles. The largest absolute Gasteiger partial charge is 0.367 e. The number of aliphatic hydroxyl groups excluding tert-OH is 1. The van der Waals surface area contributed by atoms with Crippen LogP contribution in [0.2, 0.25) is 0 Å². The first kappa shape index (κ1) is 13.7. The zero-order valence-corrected chi connectivity index (χ0v) is 11.2. The minimum atomic E-state index is -2.77. The second-order valence-electron chi connectivity index (χ2n) is 5.27. The van der Waals surface area contributed by atoms with Crippen LogP contribution in [-0.2, 0) is 16.1 Å². The molecule has 2 N–H and O–H groups in total. The van der Waals surface area contributed by atoms with Crippen LogP contribution in [0.25, 0.3) is 0 Å². The average molecular weight is 292 g/mol. The molecule has 0 bridgehead atoms. The number of rotatable bonds is 1. The predicted octanol–water partition coefficient (Wildman–Crippen LogP) is 0.0240. The van der Waals surface area contributed by atoms with Crippen molar-refractivity contribution in [2.24, 2.45) is 0 Å². The molecule has 0 aliphatic carbocycles. The molecule has 3 rings (SSSR count). The van der Waals surface area contributed by atoms with Gasteiger partial charge in [0.2, 0.25) is 0 Å². The molecule has 2 aliphatic rings. The number of amides is 2. The van der Waals surface area contributed by atoms with E-state index >= 15 is 4.39 Å².